The third kappa shape index (κ3) is 8.16. The number of ketones is 1. The summed E-state index contributed by atoms with van der Waals surface area (Å²) in [7, 11) is 3.54. The monoisotopic (exact) mass is 791 g/mol. The molecule has 0 atom stereocenters. The summed E-state index contributed by atoms with van der Waals surface area (Å²) in [6, 6.07) is 19.2. The van der Waals surface area contributed by atoms with Crippen LogP contribution in [0.25, 0.3) is 10.9 Å². The number of benzene rings is 3. The number of rotatable bonds is 11. The summed E-state index contributed by atoms with van der Waals surface area (Å²) in [6.45, 7) is 8.77. The Bertz CT molecular complexity index is 2320. The first-order chi connectivity index (χ1) is 27.6. The van der Waals surface area contributed by atoms with E-state index in [0.717, 1.165) is 86.6 Å². The minimum Gasteiger partial charge on any atom is -0.494 e. The number of ether oxygens (including phenoxy) is 1. The first-order valence-electron chi connectivity index (χ1n) is 19.3. The number of carbonyl (C=O) groups excluding carboxylic acids is 3. The van der Waals surface area contributed by atoms with E-state index in [9.17, 15) is 14.4 Å². The number of halogens is 1. The third-order valence-corrected chi connectivity index (χ3v) is 11.4. The number of methoxy groups -OCH3 is 1. The van der Waals surface area contributed by atoms with Crippen LogP contribution in [0.1, 0.15) is 36.5 Å². The molecule has 3 aromatic carbocycles. The van der Waals surface area contributed by atoms with Crippen LogP contribution in [0.4, 0.5) is 45.1 Å². The molecule has 16 heteroatoms. The van der Waals surface area contributed by atoms with Crippen molar-refractivity contribution in [1.29, 1.82) is 0 Å². The number of Topliss-reactive ketones (excluding diaryl/α,β-unsaturated/α-hetero) is 1. The maximum Gasteiger partial charge on any atom is 0.329 e. The highest BCUT2D eigenvalue weighted by Crippen LogP contribution is 2.35. The van der Waals surface area contributed by atoms with E-state index in [2.05, 4.69) is 70.0 Å². The van der Waals surface area contributed by atoms with Crippen molar-refractivity contribution in [2.75, 3.05) is 84.8 Å². The fraction of sp³-hybridized carbons (Fsp3) is 0.366. The molecule has 3 aliphatic rings. The largest absolute Gasteiger partial charge is 0.494 e. The van der Waals surface area contributed by atoms with Crippen LogP contribution in [0.2, 0.25) is 5.02 Å². The van der Waals surface area contributed by atoms with Crippen molar-refractivity contribution in [3.63, 3.8) is 0 Å². The molecular formula is C41H46ClN11O4. The Hall–Kier alpha value is -5.93. The van der Waals surface area contributed by atoms with E-state index >= 15 is 0 Å². The zero-order valence-corrected chi connectivity index (χ0v) is 33.1. The van der Waals surface area contributed by atoms with Gasteiger partial charge in [0, 0.05) is 94.2 Å². The summed E-state index contributed by atoms with van der Waals surface area (Å²) < 4.78 is 7.61. The second kappa shape index (κ2) is 16.3. The number of urea groups is 1. The quantitative estimate of drug-likeness (QED) is 0.131. The van der Waals surface area contributed by atoms with Crippen LogP contribution >= 0.6 is 11.6 Å². The number of fused-ring (bicyclic) bond motifs is 1. The number of carbonyl (C=O) groups is 3. The Kier molecular flexibility index (Phi) is 10.8. The van der Waals surface area contributed by atoms with E-state index in [-0.39, 0.29) is 18.1 Å². The Labute approximate surface area is 335 Å². The van der Waals surface area contributed by atoms with Crippen molar-refractivity contribution < 1.29 is 19.1 Å². The van der Waals surface area contributed by atoms with E-state index in [0.29, 0.717) is 52.1 Å². The van der Waals surface area contributed by atoms with Gasteiger partial charge in [0.1, 0.15) is 10.8 Å². The summed E-state index contributed by atoms with van der Waals surface area (Å²) in [5, 5.41) is 14.7. The van der Waals surface area contributed by atoms with Crippen LogP contribution in [0.3, 0.4) is 0 Å². The molecule has 3 fully saturated rings. The van der Waals surface area contributed by atoms with E-state index < -0.39 is 6.03 Å². The van der Waals surface area contributed by atoms with Gasteiger partial charge in [-0.1, -0.05) is 23.7 Å². The zero-order chi connectivity index (χ0) is 39.6. The van der Waals surface area contributed by atoms with Gasteiger partial charge in [-0.05, 0) is 68.1 Å². The number of aryl methyl sites for hydroxylation is 1. The molecule has 5 aromatic rings. The van der Waals surface area contributed by atoms with Crippen LogP contribution in [0.15, 0.2) is 66.9 Å². The van der Waals surface area contributed by atoms with Crippen molar-refractivity contribution in [3.05, 3.63) is 77.4 Å². The van der Waals surface area contributed by atoms with Gasteiger partial charge in [-0.15, -0.1) is 0 Å². The van der Waals surface area contributed by atoms with Crippen LogP contribution in [0.5, 0.6) is 5.75 Å². The van der Waals surface area contributed by atoms with Gasteiger partial charge in [0.15, 0.2) is 17.4 Å². The van der Waals surface area contributed by atoms with E-state index in [4.69, 9.17) is 16.3 Å². The Morgan fingerprint density at radius 3 is 2.40 bits per heavy atom. The molecule has 5 heterocycles. The van der Waals surface area contributed by atoms with Crippen LogP contribution in [-0.2, 0) is 11.8 Å². The smallest absolute Gasteiger partial charge is 0.329 e. The van der Waals surface area contributed by atoms with Gasteiger partial charge in [0.05, 0.1) is 30.2 Å². The highest BCUT2D eigenvalue weighted by Gasteiger charge is 2.29. The number of piperidine rings is 1. The SMILES string of the molecule is COc1cc(N2CCC(CN3CCN(c4ccc5c(N6CCC(=O)NC6=O)nn(C)c5c4)CC3)CC2)ccc1Nc1ncc(Cl)c(Nc2ccccc2C(C)=O)n1. The van der Waals surface area contributed by atoms with Gasteiger partial charge in [0.2, 0.25) is 11.9 Å². The lowest BCUT2D eigenvalue weighted by molar-refractivity contribution is -0.120. The molecule has 0 aliphatic carbocycles. The fourth-order valence-electron chi connectivity index (χ4n) is 7.96. The van der Waals surface area contributed by atoms with Crippen molar-refractivity contribution in [3.8, 4) is 5.75 Å². The Balaban J connectivity index is 0.836. The molecule has 0 spiro atoms. The number of anilines is 7. The Morgan fingerprint density at radius 2 is 1.65 bits per heavy atom. The van der Waals surface area contributed by atoms with Gasteiger partial charge in [-0.2, -0.15) is 10.1 Å². The van der Waals surface area contributed by atoms with Crippen molar-refractivity contribution in [2.24, 2.45) is 13.0 Å². The topological polar surface area (TPSA) is 153 Å². The number of imide groups is 1. The second-order valence-corrected chi connectivity index (χ2v) is 15.2. The molecule has 2 aromatic heterocycles. The van der Waals surface area contributed by atoms with Gasteiger partial charge < -0.3 is 25.2 Å². The fourth-order valence-corrected chi connectivity index (χ4v) is 8.10. The summed E-state index contributed by atoms with van der Waals surface area (Å²) >= 11 is 6.43. The lowest BCUT2D eigenvalue weighted by Crippen LogP contribution is -2.49. The minimum absolute atomic E-state index is 0.0627. The molecule has 0 saturated carbocycles. The molecule has 3 N–H and O–H groups in total. The molecular weight excluding hydrogens is 746 g/mol. The predicted octanol–water partition coefficient (Wildman–Crippen LogP) is 6.20. The number of hydrogen-bond acceptors (Lipinski definition) is 12. The number of para-hydroxylation sites is 1. The number of hydrogen-bond donors (Lipinski definition) is 3. The number of amides is 3. The van der Waals surface area contributed by atoms with Gasteiger partial charge in [-0.25, -0.2) is 9.78 Å². The minimum atomic E-state index is -0.425. The molecule has 3 amide bonds. The molecule has 296 valence electrons. The van der Waals surface area contributed by atoms with Crippen molar-refractivity contribution in [2.45, 2.75) is 26.2 Å². The standard InChI is InChI=1S/C41H46ClN11O4/c1-26(54)30-6-4-5-7-33(30)44-38-32(42)24-43-40(47-38)45-34-11-9-29(23-36(34)57-3)51-15-12-27(13-16-51)25-50-18-20-52(21-19-50)28-8-10-31-35(22-28)49(2)48-39(31)53-17-14-37(55)46-41(53)56/h4-11,22-24,27H,12-21,25H2,1-3H3,(H,46,55,56)(H2,43,44,45,47). The molecule has 3 aliphatic heterocycles. The summed E-state index contributed by atoms with van der Waals surface area (Å²) in [4.78, 5) is 54.2. The molecule has 0 bridgehead atoms. The number of piperazine rings is 1. The molecule has 0 unspecified atom stereocenters. The van der Waals surface area contributed by atoms with Gasteiger partial charge in [0.25, 0.3) is 0 Å². The van der Waals surface area contributed by atoms with Crippen molar-refractivity contribution >= 4 is 80.6 Å². The summed E-state index contributed by atoms with van der Waals surface area (Å²) in [5.41, 5.74) is 5.10. The average Bonchev–Trinajstić information content (AvgIpc) is 3.54. The van der Waals surface area contributed by atoms with E-state index in [1.165, 1.54) is 13.1 Å². The first-order valence-corrected chi connectivity index (χ1v) is 19.7. The maximum atomic E-state index is 12.5. The van der Waals surface area contributed by atoms with Gasteiger partial charge in [-0.3, -0.25) is 29.4 Å². The summed E-state index contributed by atoms with van der Waals surface area (Å²) in [6.07, 6.45) is 4.02. The van der Waals surface area contributed by atoms with E-state index in [1.807, 2.05) is 42.1 Å². The number of nitrogens with one attached hydrogen (secondary N) is 3. The number of nitrogens with zero attached hydrogens (tertiary/aromatic N) is 8. The van der Waals surface area contributed by atoms with Crippen molar-refractivity contribution in [1.82, 2.24) is 30.0 Å². The second-order valence-electron chi connectivity index (χ2n) is 14.7. The molecule has 3 saturated heterocycles. The zero-order valence-electron chi connectivity index (χ0n) is 32.3. The predicted molar refractivity (Wildman–Crippen MR) is 223 cm³/mol. The number of aromatic nitrogens is 4. The van der Waals surface area contributed by atoms with Crippen LogP contribution < -0.4 is 35.4 Å². The summed E-state index contributed by atoms with van der Waals surface area (Å²) in [5.74, 6) is 2.29. The van der Waals surface area contributed by atoms with E-state index in [1.54, 1.807) is 18.1 Å². The molecule has 0 radical (unpaired) electrons. The lowest BCUT2D eigenvalue weighted by atomic mass is 9.95. The highest BCUT2D eigenvalue weighted by molar-refractivity contribution is 6.33. The average molecular weight is 792 g/mol. The first kappa shape index (κ1) is 38.0. The third-order valence-electron chi connectivity index (χ3n) is 11.1. The molecule has 15 nitrogen and oxygen atoms in total. The highest BCUT2D eigenvalue weighted by atomic mass is 35.5. The van der Waals surface area contributed by atoms with Crippen LogP contribution in [0, 0.1) is 5.92 Å². The Morgan fingerprint density at radius 1 is 0.912 bits per heavy atom. The maximum absolute atomic E-state index is 12.5. The van der Waals surface area contributed by atoms with Crippen LogP contribution in [-0.4, -0.2) is 102 Å². The van der Waals surface area contributed by atoms with Gasteiger partial charge >= 0.3 is 6.03 Å². The molecule has 57 heavy (non-hydrogen) atoms. The lowest BCUT2D eigenvalue weighted by Gasteiger charge is -2.40. The molecule has 8 rings (SSSR count). The normalized spacial score (nSPS) is 16.9.